The Kier molecular flexibility index (Phi) is 4.29. The molecule has 0 radical (unpaired) electrons. The van der Waals surface area contributed by atoms with Gasteiger partial charge in [0.2, 0.25) is 0 Å². The molecule has 1 aromatic carbocycles. The van der Waals surface area contributed by atoms with Gasteiger partial charge in [-0.2, -0.15) is 0 Å². The van der Waals surface area contributed by atoms with E-state index >= 15 is 0 Å². The highest BCUT2D eigenvalue weighted by Crippen LogP contribution is 2.29. The summed E-state index contributed by atoms with van der Waals surface area (Å²) in [5.41, 5.74) is 1.74. The van der Waals surface area contributed by atoms with Crippen LogP contribution < -0.4 is 10.6 Å². The van der Waals surface area contributed by atoms with Gasteiger partial charge < -0.3 is 10.6 Å². The molecule has 2 bridgehead atoms. The van der Waals surface area contributed by atoms with Crippen LogP contribution >= 0.6 is 11.8 Å². The molecule has 0 saturated carbocycles. The van der Waals surface area contributed by atoms with Crippen molar-refractivity contribution in [1.82, 2.24) is 15.6 Å². The van der Waals surface area contributed by atoms with Crippen LogP contribution in [0.15, 0.2) is 52.4 Å². The van der Waals surface area contributed by atoms with E-state index in [1.165, 1.54) is 12.8 Å². The second-order valence-corrected chi connectivity index (χ2v) is 7.77. The van der Waals surface area contributed by atoms with Gasteiger partial charge in [-0.1, -0.05) is 11.8 Å². The van der Waals surface area contributed by atoms with Crippen molar-refractivity contribution in [3.8, 4) is 0 Å². The summed E-state index contributed by atoms with van der Waals surface area (Å²) < 4.78 is 0. The Morgan fingerprint density at radius 1 is 1.21 bits per heavy atom. The monoisotopic (exact) mass is 339 g/mol. The van der Waals surface area contributed by atoms with Crippen molar-refractivity contribution in [2.45, 2.75) is 54.1 Å². The molecule has 3 heterocycles. The Morgan fingerprint density at radius 2 is 2.04 bits per heavy atom. The maximum Gasteiger partial charge on any atom is 0.251 e. The van der Waals surface area contributed by atoms with E-state index in [1.54, 1.807) is 11.8 Å². The van der Waals surface area contributed by atoms with Gasteiger partial charge in [0.25, 0.3) is 5.91 Å². The number of benzene rings is 1. The third kappa shape index (κ3) is 3.32. The van der Waals surface area contributed by atoms with Gasteiger partial charge in [-0.15, -0.1) is 0 Å². The summed E-state index contributed by atoms with van der Waals surface area (Å²) in [6, 6.07) is 13.2. The first-order valence-corrected chi connectivity index (χ1v) is 9.26. The van der Waals surface area contributed by atoms with Crippen LogP contribution in [0, 0.1) is 6.92 Å². The number of hydrogen-bond donors (Lipinski definition) is 2. The molecule has 1 aromatic heterocycles. The van der Waals surface area contributed by atoms with Gasteiger partial charge in [0.15, 0.2) is 0 Å². The average molecular weight is 339 g/mol. The van der Waals surface area contributed by atoms with Crippen LogP contribution in [0.5, 0.6) is 0 Å². The molecule has 3 atom stereocenters. The van der Waals surface area contributed by atoms with E-state index in [-0.39, 0.29) is 11.9 Å². The molecule has 3 unspecified atom stereocenters. The number of pyridine rings is 1. The molecule has 2 aromatic rings. The Morgan fingerprint density at radius 3 is 2.71 bits per heavy atom. The zero-order valence-corrected chi connectivity index (χ0v) is 14.5. The first-order chi connectivity index (χ1) is 11.7. The van der Waals surface area contributed by atoms with Crippen LogP contribution in [0.2, 0.25) is 0 Å². The summed E-state index contributed by atoms with van der Waals surface area (Å²) >= 11 is 1.68. The number of fused-ring (bicyclic) bond motifs is 2. The lowest BCUT2D eigenvalue weighted by Crippen LogP contribution is -2.42. The van der Waals surface area contributed by atoms with Crippen molar-refractivity contribution in [3.63, 3.8) is 0 Å². The molecule has 2 fully saturated rings. The molecule has 5 heteroatoms. The Bertz CT molecular complexity index is 747. The zero-order valence-electron chi connectivity index (χ0n) is 13.7. The highest BCUT2D eigenvalue weighted by molar-refractivity contribution is 7.99. The molecule has 124 valence electrons. The topological polar surface area (TPSA) is 54.0 Å². The minimum absolute atomic E-state index is 0.0330. The molecule has 2 aliphatic rings. The maximum atomic E-state index is 12.4. The smallest absolute Gasteiger partial charge is 0.251 e. The van der Waals surface area contributed by atoms with Crippen LogP contribution in [-0.4, -0.2) is 29.0 Å². The Labute approximate surface area is 146 Å². The van der Waals surface area contributed by atoms with E-state index in [0.29, 0.717) is 12.1 Å². The predicted octanol–water partition coefficient (Wildman–Crippen LogP) is 3.16. The molecule has 2 N–H and O–H groups in total. The lowest BCUT2D eigenvalue weighted by atomic mass is 9.95. The third-order valence-corrected chi connectivity index (χ3v) is 5.83. The molecule has 24 heavy (non-hydrogen) atoms. The minimum Gasteiger partial charge on any atom is -0.348 e. The average Bonchev–Trinajstić information content (AvgIpc) is 3.18. The van der Waals surface area contributed by atoms with Crippen LogP contribution in [-0.2, 0) is 0 Å². The second-order valence-electron chi connectivity index (χ2n) is 6.62. The first-order valence-electron chi connectivity index (χ1n) is 8.45. The van der Waals surface area contributed by atoms with Crippen molar-refractivity contribution in [1.29, 1.82) is 0 Å². The van der Waals surface area contributed by atoms with Gasteiger partial charge in [-0.25, -0.2) is 0 Å². The predicted molar refractivity (Wildman–Crippen MR) is 95.4 cm³/mol. The number of hydrogen-bond acceptors (Lipinski definition) is 4. The molecule has 0 spiro atoms. The summed E-state index contributed by atoms with van der Waals surface area (Å²) in [6.45, 7) is 1.99. The van der Waals surface area contributed by atoms with Crippen LogP contribution in [0.3, 0.4) is 0 Å². The number of aromatic nitrogens is 1. The summed E-state index contributed by atoms with van der Waals surface area (Å²) in [6.07, 6.45) is 5.31. The SMILES string of the molecule is Cc1cc(Sc2ccc(C(=O)NC3CC4CCC3N4)cc2)ccn1. The molecule has 1 amide bonds. The molecule has 0 aliphatic carbocycles. The molecular weight excluding hydrogens is 318 g/mol. The Hall–Kier alpha value is -1.85. The van der Waals surface area contributed by atoms with E-state index in [9.17, 15) is 4.79 Å². The lowest BCUT2D eigenvalue weighted by Gasteiger charge is -2.21. The fourth-order valence-electron chi connectivity index (χ4n) is 3.63. The van der Waals surface area contributed by atoms with Crippen molar-refractivity contribution in [2.75, 3.05) is 0 Å². The summed E-state index contributed by atoms with van der Waals surface area (Å²) in [5.74, 6) is 0.0330. The van der Waals surface area contributed by atoms with Gasteiger partial charge in [0.05, 0.1) is 0 Å². The fraction of sp³-hybridized carbons (Fsp3) is 0.368. The minimum atomic E-state index is 0.0330. The first kappa shape index (κ1) is 15.7. The molecule has 4 nitrogen and oxygen atoms in total. The normalized spacial score (nSPS) is 25.0. The summed E-state index contributed by atoms with van der Waals surface area (Å²) in [5, 5.41) is 6.74. The van der Waals surface area contributed by atoms with Crippen molar-refractivity contribution >= 4 is 17.7 Å². The summed E-state index contributed by atoms with van der Waals surface area (Å²) in [4.78, 5) is 18.9. The van der Waals surface area contributed by atoms with E-state index < -0.39 is 0 Å². The van der Waals surface area contributed by atoms with Crippen LogP contribution in [0.25, 0.3) is 0 Å². The van der Waals surface area contributed by atoms with E-state index in [2.05, 4.69) is 21.7 Å². The quantitative estimate of drug-likeness (QED) is 0.898. The second kappa shape index (κ2) is 6.57. The van der Waals surface area contributed by atoms with E-state index in [4.69, 9.17) is 0 Å². The van der Waals surface area contributed by atoms with E-state index in [1.807, 2.05) is 43.5 Å². The Balaban J connectivity index is 1.39. The molecular formula is C19H21N3OS. The largest absolute Gasteiger partial charge is 0.348 e. The third-order valence-electron chi connectivity index (χ3n) is 4.84. The van der Waals surface area contributed by atoms with Crippen molar-refractivity contribution in [2.24, 2.45) is 0 Å². The lowest BCUT2D eigenvalue weighted by molar-refractivity contribution is 0.0931. The van der Waals surface area contributed by atoms with Gasteiger partial charge in [-0.05, 0) is 62.6 Å². The van der Waals surface area contributed by atoms with Gasteiger partial charge in [0, 0.05) is 45.4 Å². The molecule has 2 aliphatic heterocycles. The van der Waals surface area contributed by atoms with Crippen molar-refractivity contribution in [3.05, 3.63) is 53.9 Å². The highest BCUT2D eigenvalue weighted by Gasteiger charge is 2.39. The summed E-state index contributed by atoms with van der Waals surface area (Å²) in [7, 11) is 0. The van der Waals surface area contributed by atoms with E-state index in [0.717, 1.165) is 27.5 Å². The molecule has 2 saturated heterocycles. The number of aryl methyl sites for hydroxylation is 1. The maximum absolute atomic E-state index is 12.4. The number of amides is 1. The zero-order chi connectivity index (χ0) is 16.5. The fourth-order valence-corrected chi connectivity index (χ4v) is 4.53. The van der Waals surface area contributed by atoms with Crippen LogP contribution in [0.1, 0.15) is 35.3 Å². The highest BCUT2D eigenvalue weighted by atomic mass is 32.2. The number of rotatable bonds is 4. The number of carbonyl (C=O) groups is 1. The van der Waals surface area contributed by atoms with Gasteiger partial charge >= 0.3 is 0 Å². The van der Waals surface area contributed by atoms with Gasteiger partial charge in [-0.3, -0.25) is 9.78 Å². The molecule has 4 rings (SSSR count). The number of nitrogens with zero attached hydrogens (tertiary/aromatic N) is 1. The number of nitrogens with one attached hydrogen (secondary N) is 2. The number of carbonyl (C=O) groups excluding carboxylic acids is 1. The van der Waals surface area contributed by atoms with Crippen molar-refractivity contribution < 1.29 is 4.79 Å². The van der Waals surface area contributed by atoms with Crippen LogP contribution in [0.4, 0.5) is 0 Å². The van der Waals surface area contributed by atoms with Gasteiger partial charge in [0.1, 0.15) is 0 Å². The standard InChI is InChI=1S/C19H21N3OS/c1-12-10-16(8-9-20-12)24-15-5-2-13(3-6-15)19(23)22-18-11-14-4-7-17(18)21-14/h2-3,5-6,8-10,14,17-18,21H,4,7,11H2,1H3,(H,22,23).